The van der Waals surface area contributed by atoms with E-state index in [0.717, 1.165) is 24.4 Å². The number of benzene rings is 1. The number of ether oxygens (including phenoxy) is 1. The first-order chi connectivity index (χ1) is 11.1. The number of nitrogens with zero attached hydrogens (tertiary/aromatic N) is 2. The lowest BCUT2D eigenvalue weighted by molar-refractivity contribution is -0.131. The van der Waals surface area contributed by atoms with Crippen LogP contribution in [-0.4, -0.2) is 50.0 Å². The number of carbonyl (C=O) groups is 1. The number of rotatable bonds is 7. The molecule has 0 aromatic heterocycles. The largest absolute Gasteiger partial charge is 0.497 e. The number of amides is 1. The van der Waals surface area contributed by atoms with Crippen molar-refractivity contribution in [2.24, 2.45) is 5.92 Å². The van der Waals surface area contributed by atoms with Crippen LogP contribution in [0, 0.1) is 5.92 Å². The number of likely N-dealkylation sites (N-methyl/N-ethyl adjacent to an activating group) is 2. The molecule has 0 atom stereocenters. The molecule has 0 unspecified atom stereocenters. The highest BCUT2D eigenvalue weighted by molar-refractivity contribution is 5.77. The van der Waals surface area contributed by atoms with E-state index in [-0.39, 0.29) is 5.91 Å². The third kappa shape index (κ3) is 5.87. The molecular weight excluding hydrogens is 288 g/mol. The van der Waals surface area contributed by atoms with Crippen molar-refractivity contribution in [2.45, 2.75) is 38.6 Å². The molecule has 1 aromatic rings. The van der Waals surface area contributed by atoms with Crippen LogP contribution >= 0.6 is 0 Å². The average molecular weight is 318 g/mol. The fourth-order valence-corrected chi connectivity index (χ4v) is 3.35. The van der Waals surface area contributed by atoms with E-state index in [9.17, 15) is 4.79 Å². The second-order valence-corrected chi connectivity index (χ2v) is 6.80. The van der Waals surface area contributed by atoms with Crippen molar-refractivity contribution in [3.05, 3.63) is 29.8 Å². The lowest BCUT2D eigenvalue weighted by Crippen LogP contribution is -2.39. The first-order valence-corrected chi connectivity index (χ1v) is 8.64. The molecule has 0 spiro atoms. The summed E-state index contributed by atoms with van der Waals surface area (Å²) in [5.74, 6) is 1.76. The van der Waals surface area contributed by atoms with E-state index in [1.165, 1.54) is 32.1 Å². The third-order valence-corrected chi connectivity index (χ3v) is 4.67. The molecule has 0 radical (unpaired) electrons. The van der Waals surface area contributed by atoms with Gasteiger partial charge < -0.3 is 9.64 Å². The molecule has 0 saturated heterocycles. The zero-order valence-corrected chi connectivity index (χ0v) is 14.8. The maximum Gasteiger partial charge on any atom is 0.236 e. The van der Waals surface area contributed by atoms with Gasteiger partial charge in [0.2, 0.25) is 5.91 Å². The topological polar surface area (TPSA) is 32.8 Å². The molecule has 2 rings (SSSR count). The van der Waals surface area contributed by atoms with Crippen molar-refractivity contribution in [3.63, 3.8) is 0 Å². The maximum absolute atomic E-state index is 12.4. The molecule has 1 saturated carbocycles. The molecule has 1 aliphatic rings. The molecule has 0 aliphatic heterocycles. The first kappa shape index (κ1) is 17.8. The third-order valence-electron chi connectivity index (χ3n) is 4.67. The molecule has 1 fully saturated rings. The van der Waals surface area contributed by atoms with Gasteiger partial charge >= 0.3 is 0 Å². The summed E-state index contributed by atoms with van der Waals surface area (Å²) in [6, 6.07) is 8.01. The fraction of sp³-hybridized carbons (Fsp3) is 0.632. The Kier molecular flexibility index (Phi) is 6.90. The van der Waals surface area contributed by atoms with Crippen molar-refractivity contribution < 1.29 is 9.53 Å². The Morgan fingerprint density at radius 1 is 1.22 bits per heavy atom. The summed E-state index contributed by atoms with van der Waals surface area (Å²) in [6.07, 6.45) is 6.55. The van der Waals surface area contributed by atoms with Crippen LogP contribution in [0.4, 0.5) is 0 Å². The predicted molar refractivity (Wildman–Crippen MR) is 93.5 cm³/mol. The SMILES string of the molecule is COc1cccc(CN(C)CC(=O)N(C)CC2CCCCC2)c1. The van der Waals surface area contributed by atoms with Gasteiger partial charge in [-0.25, -0.2) is 0 Å². The molecular formula is C19H30N2O2. The summed E-state index contributed by atoms with van der Waals surface area (Å²) >= 11 is 0. The van der Waals surface area contributed by atoms with Crippen molar-refractivity contribution in [1.29, 1.82) is 0 Å². The predicted octanol–water partition coefficient (Wildman–Crippen LogP) is 3.17. The zero-order valence-electron chi connectivity index (χ0n) is 14.8. The average Bonchev–Trinajstić information content (AvgIpc) is 2.55. The van der Waals surface area contributed by atoms with E-state index >= 15 is 0 Å². The van der Waals surface area contributed by atoms with E-state index in [1.807, 2.05) is 37.2 Å². The number of methoxy groups -OCH3 is 1. The van der Waals surface area contributed by atoms with Crippen LogP contribution in [0.2, 0.25) is 0 Å². The Bertz CT molecular complexity index is 498. The van der Waals surface area contributed by atoms with Gasteiger partial charge in [0, 0.05) is 20.1 Å². The molecule has 1 aromatic carbocycles. The van der Waals surface area contributed by atoms with E-state index in [1.54, 1.807) is 7.11 Å². The highest BCUT2D eigenvalue weighted by Crippen LogP contribution is 2.24. The molecule has 4 heteroatoms. The van der Waals surface area contributed by atoms with Crippen LogP contribution in [-0.2, 0) is 11.3 Å². The summed E-state index contributed by atoms with van der Waals surface area (Å²) < 4.78 is 5.25. The maximum atomic E-state index is 12.4. The van der Waals surface area contributed by atoms with Gasteiger partial charge in [0.1, 0.15) is 5.75 Å². The summed E-state index contributed by atoms with van der Waals surface area (Å²) in [4.78, 5) is 16.4. The Labute approximate surface area is 140 Å². The van der Waals surface area contributed by atoms with Gasteiger partial charge in [0.25, 0.3) is 0 Å². The minimum absolute atomic E-state index is 0.209. The molecule has 0 bridgehead atoms. The lowest BCUT2D eigenvalue weighted by Gasteiger charge is -2.28. The molecule has 128 valence electrons. The Hall–Kier alpha value is -1.55. The summed E-state index contributed by atoms with van der Waals surface area (Å²) in [5.41, 5.74) is 1.16. The second-order valence-electron chi connectivity index (χ2n) is 6.80. The highest BCUT2D eigenvalue weighted by atomic mass is 16.5. The molecule has 0 heterocycles. The fourth-order valence-electron chi connectivity index (χ4n) is 3.35. The molecule has 1 amide bonds. The van der Waals surface area contributed by atoms with Gasteiger partial charge in [-0.3, -0.25) is 9.69 Å². The van der Waals surface area contributed by atoms with Gasteiger partial charge in [-0.1, -0.05) is 31.4 Å². The minimum Gasteiger partial charge on any atom is -0.497 e. The quantitative estimate of drug-likeness (QED) is 0.774. The number of hydrogen-bond donors (Lipinski definition) is 0. The van der Waals surface area contributed by atoms with Crippen molar-refractivity contribution >= 4 is 5.91 Å². The monoisotopic (exact) mass is 318 g/mol. The van der Waals surface area contributed by atoms with Crippen LogP contribution in [0.1, 0.15) is 37.7 Å². The van der Waals surface area contributed by atoms with Crippen molar-refractivity contribution in [2.75, 3.05) is 34.3 Å². The van der Waals surface area contributed by atoms with Crippen LogP contribution in [0.3, 0.4) is 0 Å². The van der Waals surface area contributed by atoms with E-state index < -0.39 is 0 Å². The smallest absolute Gasteiger partial charge is 0.236 e. The Balaban J connectivity index is 1.78. The van der Waals surface area contributed by atoms with Crippen LogP contribution in [0.5, 0.6) is 5.75 Å². The number of carbonyl (C=O) groups excluding carboxylic acids is 1. The van der Waals surface area contributed by atoms with E-state index in [4.69, 9.17) is 4.74 Å². The molecule has 4 nitrogen and oxygen atoms in total. The highest BCUT2D eigenvalue weighted by Gasteiger charge is 2.19. The molecule has 23 heavy (non-hydrogen) atoms. The minimum atomic E-state index is 0.209. The Morgan fingerprint density at radius 2 is 1.96 bits per heavy atom. The van der Waals surface area contributed by atoms with Gasteiger partial charge in [-0.2, -0.15) is 0 Å². The lowest BCUT2D eigenvalue weighted by atomic mass is 9.89. The Morgan fingerprint density at radius 3 is 2.65 bits per heavy atom. The van der Waals surface area contributed by atoms with Gasteiger partial charge in [0.15, 0.2) is 0 Å². The van der Waals surface area contributed by atoms with Crippen molar-refractivity contribution in [1.82, 2.24) is 9.80 Å². The normalized spacial score (nSPS) is 15.7. The van der Waals surface area contributed by atoms with Crippen LogP contribution < -0.4 is 4.74 Å². The van der Waals surface area contributed by atoms with Crippen LogP contribution in [0.25, 0.3) is 0 Å². The number of hydrogen-bond acceptors (Lipinski definition) is 3. The second kappa shape index (κ2) is 8.92. The van der Waals surface area contributed by atoms with Crippen molar-refractivity contribution in [3.8, 4) is 5.75 Å². The first-order valence-electron chi connectivity index (χ1n) is 8.64. The summed E-state index contributed by atoms with van der Waals surface area (Å²) in [7, 11) is 5.61. The zero-order chi connectivity index (χ0) is 16.7. The van der Waals surface area contributed by atoms with Gasteiger partial charge in [0.05, 0.1) is 13.7 Å². The molecule has 1 aliphatic carbocycles. The van der Waals surface area contributed by atoms with Gasteiger partial charge in [-0.05, 0) is 43.5 Å². The van der Waals surface area contributed by atoms with E-state index in [2.05, 4.69) is 11.0 Å². The van der Waals surface area contributed by atoms with Gasteiger partial charge in [-0.15, -0.1) is 0 Å². The van der Waals surface area contributed by atoms with Crippen LogP contribution in [0.15, 0.2) is 24.3 Å². The summed E-state index contributed by atoms with van der Waals surface area (Å²) in [5, 5.41) is 0. The standard InChI is InChI=1S/C19H30N2O2/c1-20(13-17-10-7-11-18(12-17)23-3)15-19(22)21(2)14-16-8-5-4-6-9-16/h7,10-12,16H,4-6,8-9,13-15H2,1-3H3. The summed E-state index contributed by atoms with van der Waals surface area (Å²) in [6.45, 7) is 2.12. The molecule has 0 N–H and O–H groups in total. The van der Waals surface area contributed by atoms with E-state index in [0.29, 0.717) is 12.5 Å².